The van der Waals surface area contributed by atoms with Crippen LogP contribution in [0, 0.1) is 0 Å². The molecule has 1 atom stereocenters. The van der Waals surface area contributed by atoms with Gasteiger partial charge in [-0.3, -0.25) is 4.90 Å². The molecule has 3 heteroatoms. The molecule has 1 aliphatic rings. The molecule has 1 aromatic rings. The maximum Gasteiger partial charge on any atom is 0.128 e. The van der Waals surface area contributed by atoms with E-state index >= 15 is 0 Å². The normalized spacial score (nSPS) is 22.9. The molecule has 2 rings (SSSR count). The first-order chi connectivity index (χ1) is 7.33. The largest absolute Gasteiger partial charge is 0.383 e. The van der Waals surface area contributed by atoms with Crippen molar-refractivity contribution in [1.29, 1.82) is 0 Å². The van der Waals surface area contributed by atoms with E-state index in [9.17, 15) is 0 Å². The second-order valence-electron chi connectivity index (χ2n) is 4.12. The SMILES string of the molecule is CCN1CCCC[C@H]1c1cccnc1N. The lowest BCUT2D eigenvalue weighted by atomic mass is 9.96. The molecule has 15 heavy (non-hydrogen) atoms. The Kier molecular flexibility index (Phi) is 3.21. The van der Waals surface area contributed by atoms with Crippen molar-refractivity contribution in [3.05, 3.63) is 23.9 Å². The maximum atomic E-state index is 5.93. The number of piperidine rings is 1. The summed E-state index contributed by atoms with van der Waals surface area (Å²) in [6.45, 7) is 4.50. The zero-order valence-electron chi connectivity index (χ0n) is 9.32. The number of aromatic nitrogens is 1. The first-order valence-electron chi connectivity index (χ1n) is 5.77. The second kappa shape index (κ2) is 4.62. The first-order valence-corrected chi connectivity index (χ1v) is 5.77. The highest BCUT2D eigenvalue weighted by Gasteiger charge is 2.24. The van der Waals surface area contributed by atoms with Crippen molar-refractivity contribution in [1.82, 2.24) is 9.88 Å². The number of hydrogen-bond acceptors (Lipinski definition) is 3. The average molecular weight is 205 g/mol. The van der Waals surface area contributed by atoms with Crippen LogP contribution in [-0.2, 0) is 0 Å². The van der Waals surface area contributed by atoms with Crippen molar-refractivity contribution in [3.63, 3.8) is 0 Å². The van der Waals surface area contributed by atoms with Gasteiger partial charge < -0.3 is 5.73 Å². The maximum absolute atomic E-state index is 5.93. The highest BCUT2D eigenvalue weighted by Crippen LogP contribution is 2.32. The van der Waals surface area contributed by atoms with Crippen LogP contribution >= 0.6 is 0 Å². The smallest absolute Gasteiger partial charge is 0.128 e. The summed E-state index contributed by atoms with van der Waals surface area (Å²) < 4.78 is 0. The number of nitrogens with two attached hydrogens (primary N) is 1. The van der Waals surface area contributed by atoms with E-state index < -0.39 is 0 Å². The fraction of sp³-hybridized carbons (Fsp3) is 0.583. The first kappa shape index (κ1) is 10.4. The van der Waals surface area contributed by atoms with Gasteiger partial charge in [0.05, 0.1) is 0 Å². The van der Waals surface area contributed by atoms with Gasteiger partial charge in [0.2, 0.25) is 0 Å². The van der Waals surface area contributed by atoms with Gasteiger partial charge in [0, 0.05) is 17.8 Å². The zero-order chi connectivity index (χ0) is 10.7. The van der Waals surface area contributed by atoms with Gasteiger partial charge in [-0.2, -0.15) is 0 Å². The molecule has 3 nitrogen and oxygen atoms in total. The van der Waals surface area contributed by atoms with Gasteiger partial charge >= 0.3 is 0 Å². The molecule has 82 valence electrons. The van der Waals surface area contributed by atoms with Crippen LogP contribution in [-0.4, -0.2) is 23.0 Å². The number of nitrogen functional groups attached to an aromatic ring is 1. The number of pyridine rings is 1. The van der Waals surface area contributed by atoms with Gasteiger partial charge in [-0.1, -0.05) is 19.4 Å². The molecule has 1 fully saturated rings. The Hall–Kier alpha value is -1.09. The third kappa shape index (κ3) is 2.12. The molecule has 2 N–H and O–H groups in total. The highest BCUT2D eigenvalue weighted by molar-refractivity contribution is 5.41. The lowest BCUT2D eigenvalue weighted by Crippen LogP contribution is -2.33. The van der Waals surface area contributed by atoms with E-state index in [2.05, 4.69) is 22.9 Å². The Morgan fingerprint density at radius 3 is 3.13 bits per heavy atom. The van der Waals surface area contributed by atoms with E-state index in [1.807, 2.05) is 6.07 Å². The van der Waals surface area contributed by atoms with Crippen LogP contribution in [0.4, 0.5) is 5.82 Å². The highest BCUT2D eigenvalue weighted by atomic mass is 15.2. The number of likely N-dealkylation sites (tertiary alicyclic amines) is 1. The Morgan fingerprint density at radius 1 is 1.53 bits per heavy atom. The molecule has 0 aliphatic carbocycles. The molecule has 0 bridgehead atoms. The van der Waals surface area contributed by atoms with Gasteiger partial charge in [-0.05, 0) is 32.0 Å². The van der Waals surface area contributed by atoms with Gasteiger partial charge in [-0.15, -0.1) is 0 Å². The molecular weight excluding hydrogens is 186 g/mol. The molecule has 0 aromatic carbocycles. The van der Waals surface area contributed by atoms with Gasteiger partial charge in [-0.25, -0.2) is 4.98 Å². The van der Waals surface area contributed by atoms with Crippen LogP contribution in [0.25, 0.3) is 0 Å². The Labute approximate surface area is 91.3 Å². The summed E-state index contributed by atoms with van der Waals surface area (Å²) in [5, 5.41) is 0. The zero-order valence-corrected chi connectivity index (χ0v) is 9.32. The van der Waals surface area contributed by atoms with Crippen molar-refractivity contribution in [2.45, 2.75) is 32.2 Å². The molecule has 0 saturated carbocycles. The summed E-state index contributed by atoms with van der Waals surface area (Å²) in [4.78, 5) is 6.67. The van der Waals surface area contributed by atoms with E-state index in [1.165, 1.54) is 31.4 Å². The fourth-order valence-electron chi connectivity index (χ4n) is 2.43. The summed E-state index contributed by atoms with van der Waals surface area (Å²) in [7, 11) is 0. The number of anilines is 1. The minimum Gasteiger partial charge on any atom is -0.383 e. The minimum absolute atomic E-state index is 0.484. The van der Waals surface area contributed by atoms with Crippen LogP contribution in [0.15, 0.2) is 18.3 Å². The molecule has 0 amide bonds. The number of nitrogens with zero attached hydrogens (tertiary/aromatic N) is 2. The van der Waals surface area contributed by atoms with Gasteiger partial charge in [0.25, 0.3) is 0 Å². The fourth-order valence-corrected chi connectivity index (χ4v) is 2.43. The minimum atomic E-state index is 0.484. The molecular formula is C12H19N3. The Balaban J connectivity index is 2.24. The third-order valence-electron chi connectivity index (χ3n) is 3.25. The van der Waals surface area contributed by atoms with E-state index in [4.69, 9.17) is 5.73 Å². The Bertz CT molecular complexity index is 324. The molecule has 2 heterocycles. The summed E-state index contributed by atoms with van der Waals surface area (Å²) in [5.41, 5.74) is 7.14. The van der Waals surface area contributed by atoms with Crippen LogP contribution in [0.3, 0.4) is 0 Å². The van der Waals surface area contributed by atoms with E-state index in [0.29, 0.717) is 11.9 Å². The number of rotatable bonds is 2. The van der Waals surface area contributed by atoms with E-state index in [1.54, 1.807) is 6.20 Å². The predicted molar refractivity (Wildman–Crippen MR) is 62.5 cm³/mol. The molecule has 0 radical (unpaired) electrons. The van der Waals surface area contributed by atoms with Gasteiger partial charge in [0.15, 0.2) is 0 Å². The average Bonchev–Trinajstić information content (AvgIpc) is 2.30. The van der Waals surface area contributed by atoms with Crippen molar-refractivity contribution < 1.29 is 0 Å². The van der Waals surface area contributed by atoms with Crippen LogP contribution in [0.1, 0.15) is 37.8 Å². The van der Waals surface area contributed by atoms with Crippen molar-refractivity contribution in [3.8, 4) is 0 Å². The third-order valence-corrected chi connectivity index (χ3v) is 3.25. The van der Waals surface area contributed by atoms with Crippen molar-refractivity contribution in [2.75, 3.05) is 18.8 Å². The summed E-state index contributed by atoms with van der Waals surface area (Å²) in [6, 6.07) is 4.58. The van der Waals surface area contributed by atoms with E-state index in [-0.39, 0.29) is 0 Å². The standard InChI is InChI=1S/C12H19N3/c1-2-15-9-4-3-7-11(15)10-6-5-8-14-12(10)13/h5-6,8,11H,2-4,7,9H2,1H3,(H2,13,14)/t11-/m0/s1. The van der Waals surface area contributed by atoms with Gasteiger partial charge in [0.1, 0.15) is 5.82 Å². The quantitative estimate of drug-likeness (QED) is 0.805. The molecule has 1 aliphatic heterocycles. The number of hydrogen-bond donors (Lipinski definition) is 1. The summed E-state index contributed by atoms with van der Waals surface area (Å²) >= 11 is 0. The predicted octanol–water partition coefficient (Wildman–Crippen LogP) is 2.21. The van der Waals surface area contributed by atoms with Crippen LogP contribution in [0.2, 0.25) is 0 Å². The second-order valence-corrected chi connectivity index (χ2v) is 4.12. The van der Waals surface area contributed by atoms with Crippen molar-refractivity contribution in [2.24, 2.45) is 0 Å². The lowest BCUT2D eigenvalue weighted by Gasteiger charge is -2.35. The lowest BCUT2D eigenvalue weighted by molar-refractivity contribution is 0.157. The van der Waals surface area contributed by atoms with Crippen molar-refractivity contribution >= 4 is 5.82 Å². The summed E-state index contributed by atoms with van der Waals surface area (Å²) in [6.07, 6.45) is 5.59. The Morgan fingerprint density at radius 2 is 2.40 bits per heavy atom. The molecule has 0 unspecified atom stereocenters. The molecule has 1 aromatic heterocycles. The molecule has 0 spiro atoms. The topological polar surface area (TPSA) is 42.2 Å². The van der Waals surface area contributed by atoms with Crippen LogP contribution < -0.4 is 5.73 Å². The van der Waals surface area contributed by atoms with Crippen LogP contribution in [0.5, 0.6) is 0 Å². The molecule has 1 saturated heterocycles. The monoisotopic (exact) mass is 205 g/mol. The summed E-state index contributed by atoms with van der Waals surface area (Å²) in [5.74, 6) is 0.697. The van der Waals surface area contributed by atoms with E-state index in [0.717, 1.165) is 6.54 Å².